The Kier molecular flexibility index (Phi) is 5.31. The summed E-state index contributed by atoms with van der Waals surface area (Å²) in [7, 11) is 0. The van der Waals surface area contributed by atoms with Crippen LogP contribution in [0.15, 0.2) is 65.1 Å². The number of carbonyl (C=O) groups is 1. The maximum atomic E-state index is 12.6. The summed E-state index contributed by atoms with van der Waals surface area (Å²) in [5.74, 6) is 0.583. The zero-order valence-corrected chi connectivity index (χ0v) is 17.4. The minimum Gasteiger partial charge on any atom is -0.436 e. The lowest BCUT2D eigenvalue weighted by Crippen LogP contribution is -2.12. The molecule has 4 rings (SSSR count). The molecule has 0 aliphatic carbocycles. The third kappa shape index (κ3) is 4.14. The van der Waals surface area contributed by atoms with E-state index in [1.807, 2.05) is 24.3 Å². The van der Waals surface area contributed by atoms with Gasteiger partial charge in [-0.3, -0.25) is 4.79 Å². The summed E-state index contributed by atoms with van der Waals surface area (Å²) in [6.07, 6.45) is 0. The molecule has 1 N–H and O–H groups in total. The molecule has 1 aromatic heterocycles. The summed E-state index contributed by atoms with van der Waals surface area (Å²) in [4.78, 5) is 17.1. The Balaban J connectivity index is 1.61. The number of halogens is 2. The number of hydrogen-bond acceptors (Lipinski definition) is 3. The van der Waals surface area contributed by atoms with Gasteiger partial charge in [-0.15, -0.1) is 0 Å². The van der Waals surface area contributed by atoms with Crippen LogP contribution >= 0.6 is 23.2 Å². The number of rotatable bonds is 4. The van der Waals surface area contributed by atoms with Crippen molar-refractivity contribution in [1.82, 2.24) is 4.98 Å². The van der Waals surface area contributed by atoms with Gasteiger partial charge in [-0.1, -0.05) is 49.2 Å². The number of carbonyl (C=O) groups excluding carboxylic acids is 1. The average Bonchev–Trinajstić information content (AvgIpc) is 3.12. The summed E-state index contributed by atoms with van der Waals surface area (Å²) in [5.41, 5.74) is 4.21. The molecule has 0 fully saturated rings. The van der Waals surface area contributed by atoms with Gasteiger partial charge in [-0.2, -0.15) is 0 Å². The van der Waals surface area contributed by atoms with Crippen LogP contribution < -0.4 is 5.32 Å². The van der Waals surface area contributed by atoms with Crippen LogP contribution in [0.4, 0.5) is 5.69 Å². The Labute approximate surface area is 178 Å². The van der Waals surface area contributed by atoms with E-state index in [2.05, 4.69) is 24.1 Å². The lowest BCUT2D eigenvalue weighted by Gasteiger charge is -2.09. The first-order chi connectivity index (χ1) is 13.9. The summed E-state index contributed by atoms with van der Waals surface area (Å²) >= 11 is 12.4. The molecule has 0 unspecified atom stereocenters. The molecule has 1 heterocycles. The van der Waals surface area contributed by atoms with Crippen molar-refractivity contribution in [3.05, 3.63) is 81.8 Å². The van der Waals surface area contributed by atoms with Gasteiger partial charge in [0.15, 0.2) is 5.58 Å². The van der Waals surface area contributed by atoms with E-state index in [1.54, 1.807) is 36.4 Å². The van der Waals surface area contributed by atoms with Gasteiger partial charge >= 0.3 is 0 Å². The fourth-order valence-electron chi connectivity index (χ4n) is 3.01. The van der Waals surface area contributed by atoms with Gasteiger partial charge in [0.05, 0.1) is 10.6 Å². The van der Waals surface area contributed by atoms with E-state index in [9.17, 15) is 4.79 Å². The number of amides is 1. The molecule has 0 saturated carbocycles. The van der Waals surface area contributed by atoms with Crippen LogP contribution in [-0.2, 0) is 0 Å². The number of oxazole rings is 1. The van der Waals surface area contributed by atoms with Crippen molar-refractivity contribution >= 4 is 45.9 Å². The summed E-state index contributed by atoms with van der Waals surface area (Å²) in [6.45, 7) is 4.23. The molecule has 0 aliphatic rings. The number of fused-ring (bicyclic) bond motifs is 1. The summed E-state index contributed by atoms with van der Waals surface area (Å²) in [6, 6.07) is 18.0. The number of nitrogens with zero attached hydrogens (tertiary/aromatic N) is 1. The van der Waals surface area contributed by atoms with Gasteiger partial charge in [0, 0.05) is 16.3 Å². The van der Waals surface area contributed by atoms with E-state index in [-0.39, 0.29) is 5.91 Å². The predicted molar refractivity (Wildman–Crippen MR) is 118 cm³/mol. The number of nitrogens with one attached hydrogen (secondary N) is 1. The van der Waals surface area contributed by atoms with Crippen LogP contribution in [0, 0.1) is 0 Å². The standard InChI is InChI=1S/C23H18Cl2N2O2/c1-13(2)14-3-5-15(6-4-14)22(28)26-17-8-9-19(25)18(12-17)23-27-20-11-16(24)7-10-21(20)29-23/h3-13H,1-2H3,(H,26,28). The van der Waals surface area contributed by atoms with Crippen LogP contribution in [0.3, 0.4) is 0 Å². The second-order valence-electron chi connectivity index (χ2n) is 7.06. The quantitative estimate of drug-likeness (QED) is 0.377. The Morgan fingerprint density at radius 2 is 1.76 bits per heavy atom. The van der Waals surface area contributed by atoms with E-state index in [0.717, 1.165) is 0 Å². The first-order valence-electron chi connectivity index (χ1n) is 9.18. The Bertz CT molecular complexity index is 1200. The van der Waals surface area contributed by atoms with Crippen molar-refractivity contribution in [3.63, 3.8) is 0 Å². The summed E-state index contributed by atoms with van der Waals surface area (Å²) in [5, 5.41) is 3.95. The monoisotopic (exact) mass is 424 g/mol. The molecule has 0 atom stereocenters. The van der Waals surface area contributed by atoms with E-state index in [4.69, 9.17) is 27.6 Å². The van der Waals surface area contributed by atoms with Crippen molar-refractivity contribution in [2.75, 3.05) is 5.32 Å². The van der Waals surface area contributed by atoms with Gasteiger partial charge in [0.2, 0.25) is 5.89 Å². The molecule has 29 heavy (non-hydrogen) atoms. The van der Waals surface area contributed by atoms with Gasteiger partial charge in [-0.25, -0.2) is 4.98 Å². The molecule has 0 radical (unpaired) electrons. The molecule has 0 aliphatic heterocycles. The smallest absolute Gasteiger partial charge is 0.255 e. The van der Waals surface area contributed by atoms with Gasteiger partial charge < -0.3 is 9.73 Å². The van der Waals surface area contributed by atoms with E-state index < -0.39 is 0 Å². The molecule has 0 spiro atoms. The van der Waals surface area contributed by atoms with Crippen LogP contribution in [0.25, 0.3) is 22.6 Å². The number of benzene rings is 3. The van der Waals surface area contributed by atoms with E-state index in [0.29, 0.717) is 49.8 Å². The first kappa shape index (κ1) is 19.5. The number of hydrogen-bond donors (Lipinski definition) is 1. The fraction of sp³-hybridized carbons (Fsp3) is 0.130. The number of aromatic nitrogens is 1. The maximum absolute atomic E-state index is 12.6. The zero-order valence-electron chi connectivity index (χ0n) is 15.9. The Hall–Kier alpha value is -2.82. The van der Waals surface area contributed by atoms with Gasteiger partial charge in [0.25, 0.3) is 5.91 Å². The maximum Gasteiger partial charge on any atom is 0.255 e. The second-order valence-corrected chi connectivity index (χ2v) is 7.90. The van der Waals surface area contributed by atoms with Crippen LogP contribution in [0.2, 0.25) is 10.0 Å². The third-order valence-corrected chi connectivity index (χ3v) is 5.21. The largest absolute Gasteiger partial charge is 0.436 e. The third-order valence-electron chi connectivity index (χ3n) is 4.64. The SMILES string of the molecule is CC(C)c1ccc(C(=O)Nc2ccc(Cl)c(-c3nc4cc(Cl)ccc4o3)c2)cc1. The van der Waals surface area contributed by atoms with Crippen molar-refractivity contribution < 1.29 is 9.21 Å². The van der Waals surface area contributed by atoms with E-state index >= 15 is 0 Å². The number of anilines is 1. The highest BCUT2D eigenvalue weighted by atomic mass is 35.5. The normalized spacial score (nSPS) is 11.2. The predicted octanol–water partition coefficient (Wildman–Crippen LogP) is 7.18. The van der Waals surface area contributed by atoms with Crippen molar-refractivity contribution in [3.8, 4) is 11.5 Å². The topological polar surface area (TPSA) is 55.1 Å². The van der Waals surface area contributed by atoms with Crippen LogP contribution in [0.5, 0.6) is 0 Å². The van der Waals surface area contributed by atoms with E-state index in [1.165, 1.54) is 5.56 Å². The highest BCUT2D eigenvalue weighted by Gasteiger charge is 2.14. The van der Waals surface area contributed by atoms with Crippen molar-refractivity contribution in [2.45, 2.75) is 19.8 Å². The van der Waals surface area contributed by atoms with Crippen LogP contribution in [0.1, 0.15) is 35.7 Å². The minimum absolute atomic E-state index is 0.196. The molecule has 1 amide bonds. The lowest BCUT2D eigenvalue weighted by atomic mass is 10.0. The molecule has 146 valence electrons. The van der Waals surface area contributed by atoms with Crippen molar-refractivity contribution in [2.24, 2.45) is 0 Å². The lowest BCUT2D eigenvalue weighted by molar-refractivity contribution is 0.102. The molecule has 4 aromatic rings. The summed E-state index contributed by atoms with van der Waals surface area (Å²) < 4.78 is 5.80. The van der Waals surface area contributed by atoms with Crippen LogP contribution in [-0.4, -0.2) is 10.9 Å². The Morgan fingerprint density at radius 3 is 2.48 bits per heavy atom. The zero-order chi connectivity index (χ0) is 20.5. The highest BCUT2D eigenvalue weighted by molar-refractivity contribution is 6.33. The van der Waals surface area contributed by atoms with Gasteiger partial charge in [-0.05, 0) is 60.0 Å². The molecule has 0 saturated heterocycles. The molecule has 4 nitrogen and oxygen atoms in total. The second kappa shape index (κ2) is 7.90. The molecule has 6 heteroatoms. The molecular weight excluding hydrogens is 407 g/mol. The average molecular weight is 425 g/mol. The molecular formula is C23H18Cl2N2O2. The Morgan fingerprint density at radius 1 is 1.00 bits per heavy atom. The highest BCUT2D eigenvalue weighted by Crippen LogP contribution is 2.33. The van der Waals surface area contributed by atoms with Crippen molar-refractivity contribution in [1.29, 1.82) is 0 Å². The molecule has 0 bridgehead atoms. The van der Waals surface area contributed by atoms with Gasteiger partial charge in [0.1, 0.15) is 5.52 Å². The first-order valence-corrected chi connectivity index (χ1v) is 9.93. The minimum atomic E-state index is -0.196. The molecule has 3 aromatic carbocycles. The fourth-order valence-corrected chi connectivity index (χ4v) is 3.37.